The van der Waals surface area contributed by atoms with Crippen molar-refractivity contribution in [2.24, 2.45) is 5.73 Å². The highest BCUT2D eigenvalue weighted by atomic mass is 32.1. The smallest absolute Gasteiger partial charge is 0.355 e. The van der Waals surface area contributed by atoms with Gasteiger partial charge in [-0.1, -0.05) is 42.5 Å². The van der Waals surface area contributed by atoms with E-state index < -0.39 is 17.9 Å². The van der Waals surface area contributed by atoms with E-state index in [1.807, 2.05) is 41.1 Å². The summed E-state index contributed by atoms with van der Waals surface area (Å²) in [6.45, 7) is 0. The molecule has 1 atom stereocenters. The molecule has 34 heavy (non-hydrogen) atoms. The summed E-state index contributed by atoms with van der Waals surface area (Å²) < 4.78 is 10.1. The predicted octanol–water partition coefficient (Wildman–Crippen LogP) is 4.31. The van der Waals surface area contributed by atoms with Crippen LogP contribution in [0.5, 0.6) is 0 Å². The molecule has 0 amide bonds. The van der Waals surface area contributed by atoms with Crippen molar-refractivity contribution in [2.45, 2.75) is 5.92 Å². The Morgan fingerprint density at radius 3 is 2.35 bits per heavy atom. The lowest BCUT2D eigenvalue weighted by Gasteiger charge is -2.36. The second-order valence-electron chi connectivity index (χ2n) is 7.40. The van der Waals surface area contributed by atoms with E-state index in [4.69, 9.17) is 15.2 Å². The van der Waals surface area contributed by atoms with Crippen molar-refractivity contribution in [3.8, 4) is 17.2 Å². The summed E-state index contributed by atoms with van der Waals surface area (Å²) in [6.07, 6.45) is 0. The van der Waals surface area contributed by atoms with Gasteiger partial charge in [-0.3, -0.25) is 4.90 Å². The number of hydrogen-bond acceptors (Lipinski definition) is 8. The number of esters is 2. The number of thiophene rings is 1. The number of carbonyl (C=O) groups is 2. The molecule has 2 heterocycles. The number of carbonyl (C=O) groups excluding carboxylic acids is 2. The summed E-state index contributed by atoms with van der Waals surface area (Å²) in [5, 5.41) is 14.1. The molecule has 4 rings (SSSR count). The fourth-order valence-electron chi connectivity index (χ4n) is 4.03. The van der Waals surface area contributed by atoms with Crippen molar-refractivity contribution >= 4 is 29.0 Å². The number of hydrogen-bond donors (Lipinski definition) is 1. The van der Waals surface area contributed by atoms with Crippen molar-refractivity contribution < 1.29 is 19.1 Å². The van der Waals surface area contributed by atoms with Gasteiger partial charge in [0.15, 0.2) is 0 Å². The molecule has 8 heteroatoms. The van der Waals surface area contributed by atoms with Crippen LogP contribution in [0.1, 0.15) is 11.5 Å². The summed E-state index contributed by atoms with van der Waals surface area (Å²) in [6, 6.07) is 20.4. The minimum Gasteiger partial charge on any atom is -0.466 e. The number of rotatable bonds is 5. The Hall–Kier alpha value is -4.35. The Balaban J connectivity index is 2.02. The third kappa shape index (κ3) is 3.93. The second kappa shape index (κ2) is 9.65. The van der Waals surface area contributed by atoms with Crippen LogP contribution in [0, 0.1) is 11.3 Å². The zero-order valence-corrected chi connectivity index (χ0v) is 19.3. The predicted molar refractivity (Wildman–Crippen MR) is 129 cm³/mol. The Kier molecular flexibility index (Phi) is 6.48. The molecular formula is C26H21N3O4S. The molecule has 0 spiro atoms. The van der Waals surface area contributed by atoms with Crippen LogP contribution >= 0.6 is 11.3 Å². The number of allylic oxidation sites excluding steroid dienone is 1. The highest BCUT2D eigenvalue weighted by Crippen LogP contribution is 2.43. The normalized spacial score (nSPS) is 15.7. The van der Waals surface area contributed by atoms with Crippen LogP contribution in [0.3, 0.4) is 0 Å². The zero-order valence-electron chi connectivity index (χ0n) is 18.5. The van der Waals surface area contributed by atoms with Crippen molar-refractivity contribution in [3.63, 3.8) is 0 Å². The third-order valence-electron chi connectivity index (χ3n) is 5.57. The van der Waals surface area contributed by atoms with Crippen LogP contribution in [0.4, 0.5) is 5.69 Å². The molecule has 1 aliphatic rings. The van der Waals surface area contributed by atoms with Gasteiger partial charge < -0.3 is 15.2 Å². The SMILES string of the molecule is COC(=O)C1=C(C(=O)OC)N(c2cccc(-c3ccsc3)c2)C(N)=C(C#N)C1c1ccccc1. The topological polar surface area (TPSA) is 106 Å². The van der Waals surface area contributed by atoms with Crippen LogP contribution in [0.25, 0.3) is 11.1 Å². The van der Waals surface area contributed by atoms with E-state index in [9.17, 15) is 14.9 Å². The standard InChI is InChI=1S/C26H21N3O4S/c1-32-25(30)22-21(16-7-4-3-5-8-16)20(14-27)24(28)29(23(22)26(31)33-2)19-10-6-9-17(13-19)18-11-12-34-15-18/h3-13,15,21H,28H2,1-2H3. The average Bonchev–Trinajstić information content (AvgIpc) is 3.42. The average molecular weight is 472 g/mol. The van der Waals surface area contributed by atoms with Crippen LogP contribution in [0.2, 0.25) is 0 Å². The number of benzene rings is 2. The molecule has 2 aromatic carbocycles. The molecule has 1 aromatic heterocycles. The maximum atomic E-state index is 13.1. The van der Waals surface area contributed by atoms with Crippen LogP contribution < -0.4 is 10.6 Å². The molecule has 0 fully saturated rings. The van der Waals surface area contributed by atoms with E-state index in [1.54, 1.807) is 41.7 Å². The molecule has 7 nitrogen and oxygen atoms in total. The van der Waals surface area contributed by atoms with Crippen LogP contribution in [-0.2, 0) is 19.1 Å². The monoisotopic (exact) mass is 471 g/mol. The maximum Gasteiger partial charge on any atom is 0.355 e. The van der Waals surface area contributed by atoms with E-state index in [1.165, 1.54) is 19.1 Å². The molecule has 0 radical (unpaired) electrons. The minimum atomic E-state index is -0.899. The van der Waals surface area contributed by atoms with Gasteiger partial charge in [-0.2, -0.15) is 16.6 Å². The highest BCUT2D eigenvalue weighted by Gasteiger charge is 2.43. The van der Waals surface area contributed by atoms with Gasteiger partial charge in [0, 0.05) is 5.69 Å². The maximum absolute atomic E-state index is 13.1. The van der Waals surface area contributed by atoms with E-state index in [2.05, 4.69) is 6.07 Å². The lowest BCUT2D eigenvalue weighted by molar-refractivity contribution is -0.139. The molecule has 1 aliphatic heterocycles. The summed E-state index contributed by atoms with van der Waals surface area (Å²) in [4.78, 5) is 27.6. The van der Waals surface area contributed by atoms with Gasteiger partial charge in [0.05, 0.1) is 37.4 Å². The van der Waals surface area contributed by atoms with Gasteiger partial charge in [0.25, 0.3) is 0 Å². The minimum absolute atomic E-state index is 0.0211. The molecule has 3 aromatic rings. The Morgan fingerprint density at radius 2 is 1.74 bits per heavy atom. The number of anilines is 1. The van der Waals surface area contributed by atoms with Gasteiger partial charge in [-0.05, 0) is 45.6 Å². The lowest BCUT2D eigenvalue weighted by Crippen LogP contribution is -2.40. The third-order valence-corrected chi connectivity index (χ3v) is 6.25. The van der Waals surface area contributed by atoms with Crippen LogP contribution in [-0.4, -0.2) is 26.2 Å². The Bertz CT molecular complexity index is 1340. The quantitative estimate of drug-likeness (QED) is 0.553. The van der Waals surface area contributed by atoms with Gasteiger partial charge in [-0.25, -0.2) is 9.59 Å². The summed E-state index contributed by atoms with van der Waals surface area (Å²) >= 11 is 1.56. The highest BCUT2D eigenvalue weighted by molar-refractivity contribution is 7.08. The summed E-state index contributed by atoms with van der Waals surface area (Å²) in [7, 11) is 2.45. The molecule has 0 aliphatic carbocycles. The van der Waals surface area contributed by atoms with Gasteiger partial charge in [-0.15, -0.1) is 0 Å². The molecule has 1 unspecified atom stereocenters. The van der Waals surface area contributed by atoms with Crippen molar-refractivity contribution in [3.05, 3.63) is 99.7 Å². The van der Waals surface area contributed by atoms with Crippen molar-refractivity contribution in [1.82, 2.24) is 0 Å². The van der Waals surface area contributed by atoms with E-state index >= 15 is 0 Å². The fourth-order valence-corrected chi connectivity index (χ4v) is 4.70. The second-order valence-corrected chi connectivity index (χ2v) is 8.18. The van der Waals surface area contributed by atoms with Gasteiger partial charge >= 0.3 is 11.9 Å². The summed E-state index contributed by atoms with van der Waals surface area (Å²) in [5.74, 6) is -2.40. The molecule has 0 bridgehead atoms. The molecular weight excluding hydrogens is 450 g/mol. The molecule has 0 saturated carbocycles. The number of ether oxygens (including phenoxy) is 2. The summed E-state index contributed by atoms with van der Waals surface area (Å²) in [5.41, 5.74) is 9.55. The largest absolute Gasteiger partial charge is 0.466 e. The van der Waals surface area contributed by atoms with E-state index in [-0.39, 0.29) is 22.7 Å². The number of nitrogens with two attached hydrogens (primary N) is 1. The van der Waals surface area contributed by atoms with Crippen molar-refractivity contribution in [1.29, 1.82) is 5.26 Å². The fraction of sp³-hybridized carbons (Fsp3) is 0.115. The van der Waals surface area contributed by atoms with Gasteiger partial charge in [0.2, 0.25) is 0 Å². The first-order valence-electron chi connectivity index (χ1n) is 10.3. The molecule has 2 N–H and O–H groups in total. The number of methoxy groups -OCH3 is 2. The molecule has 170 valence electrons. The van der Waals surface area contributed by atoms with E-state index in [0.29, 0.717) is 11.3 Å². The Morgan fingerprint density at radius 1 is 1.00 bits per heavy atom. The first-order chi connectivity index (χ1) is 16.5. The van der Waals surface area contributed by atoms with Crippen LogP contribution in [0.15, 0.2) is 94.1 Å². The first-order valence-corrected chi connectivity index (χ1v) is 11.2. The number of nitriles is 1. The van der Waals surface area contributed by atoms with Crippen molar-refractivity contribution in [2.75, 3.05) is 19.1 Å². The van der Waals surface area contributed by atoms with E-state index in [0.717, 1.165) is 11.1 Å². The zero-order chi connectivity index (χ0) is 24.2. The first kappa shape index (κ1) is 22.8. The van der Waals surface area contributed by atoms with Gasteiger partial charge in [0.1, 0.15) is 11.5 Å². The lowest BCUT2D eigenvalue weighted by atomic mass is 9.81. The Labute approximate surface area is 200 Å². The molecule has 0 saturated heterocycles. The number of nitrogens with zero attached hydrogens (tertiary/aromatic N) is 2.